The maximum atomic E-state index is 12.7. The SMILES string of the molecule is Cn1c(=O)n2n(c1=O)[C@H]1c3cc4ccccc4cc3[C@@H]2[C@H]2C=C[C@@H]21. The van der Waals surface area contributed by atoms with Gasteiger partial charge in [-0.15, -0.1) is 0 Å². The average Bonchev–Trinajstić information content (AvgIpc) is 2.79. The lowest BCUT2D eigenvalue weighted by atomic mass is 9.62. The van der Waals surface area contributed by atoms with E-state index in [-0.39, 0.29) is 23.5 Å². The first-order valence-corrected chi connectivity index (χ1v) is 8.28. The molecular formula is C19H15N3O2. The van der Waals surface area contributed by atoms with Crippen molar-refractivity contribution < 1.29 is 0 Å². The number of benzene rings is 2. The fourth-order valence-corrected chi connectivity index (χ4v) is 4.87. The molecule has 2 aliphatic carbocycles. The highest BCUT2D eigenvalue weighted by atomic mass is 16.2. The first-order chi connectivity index (χ1) is 11.7. The third kappa shape index (κ3) is 1.18. The fourth-order valence-electron chi connectivity index (χ4n) is 4.87. The van der Waals surface area contributed by atoms with Crippen LogP contribution in [0.5, 0.6) is 0 Å². The molecule has 5 nitrogen and oxygen atoms in total. The van der Waals surface area contributed by atoms with Crippen molar-refractivity contribution in [2.45, 2.75) is 12.1 Å². The minimum Gasteiger partial charge on any atom is -0.246 e. The van der Waals surface area contributed by atoms with Gasteiger partial charge in [-0.1, -0.05) is 36.4 Å². The fraction of sp³-hybridized carbons (Fsp3) is 0.263. The molecule has 24 heavy (non-hydrogen) atoms. The molecule has 0 saturated carbocycles. The summed E-state index contributed by atoms with van der Waals surface area (Å²) in [6.45, 7) is 0. The lowest BCUT2D eigenvalue weighted by molar-refractivity contribution is 0.123. The van der Waals surface area contributed by atoms with E-state index in [1.54, 1.807) is 16.4 Å². The van der Waals surface area contributed by atoms with Crippen LogP contribution < -0.4 is 11.4 Å². The zero-order valence-corrected chi connectivity index (χ0v) is 13.1. The Kier molecular flexibility index (Phi) is 1.99. The van der Waals surface area contributed by atoms with Crippen molar-refractivity contribution in [3.8, 4) is 0 Å². The van der Waals surface area contributed by atoms with Crippen LogP contribution in [0.3, 0.4) is 0 Å². The van der Waals surface area contributed by atoms with Crippen molar-refractivity contribution in [2.24, 2.45) is 18.9 Å². The highest BCUT2D eigenvalue weighted by Gasteiger charge is 2.53. The summed E-state index contributed by atoms with van der Waals surface area (Å²) in [4.78, 5) is 25.3. The minimum absolute atomic E-state index is 0.0778. The van der Waals surface area contributed by atoms with Gasteiger partial charge < -0.3 is 0 Å². The first kappa shape index (κ1) is 12.6. The monoisotopic (exact) mass is 317 g/mol. The molecule has 4 aliphatic rings. The Labute approximate surface area is 137 Å². The standard InChI is InChI=1S/C19H15N3O2/c1-20-18(23)21-16-12-6-7-13(12)17(22(21)19(20)24)15-9-11-5-3-2-4-10(11)8-14(15)16/h2-9,12-13,16-17H,1H3/t12-,13-,16-,17+/m0/s1. The summed E-state index contributed by atoms with van der Waals surface area (Å²) in [6, 6.07) is 12.5. The second-order valence-corrected chi connectivity index (χ2v) is 7.07. The van der Waals surface area contributed by atoms with E-state index in [9.17, 15) is 9.59 Å². The Morgan fingerprint density at radius 3 is 1.67 bits per heavy atom. The minimum atomic E-state index is -0.215. The molecule has 2 aromatic carbocycles. The van der Waals surface area contributed by atoms with Gasteiger partial charge in [-0.25, -0.2) is 23.5 Å². The normalized spacial score (nSPS) is 28.4. The summed E-state index contributed by atoms with van der Waals surface area (Å²) in [5, 5.41) is 2.36. The number of aromatic nitrogens is 3. The molecule has 0 N–H and O–H groups in total. The maximum absolute atomic E-state index is 12.7. The highest BCUT2D eigenvalue weighted by Crippen LogP contribution is 2.56. The van der Waals surface area contributed by atoms with Gasteiger partial charge in [0.15, 0.2) is 0 Å². The van der Waals surface area contributed by atoms with Crippen molar-refractivity contribution in [2.75, 3.05) is 0 Å². The van der Waals surface area contributed by atoms with Crippen molar-refractivity contribution in [1.82, 2.24) is 13.9 Å². The number of hydrogen-bond acceptors (Lipinski definition) is 2. The summed E-state index contributed by atoms with van der Waals surface area (Å²) >= 11 is 0. The first-order valence-electron chi connectivity index (χ1n) is 8.28. The van der Waals surface area contributed by atoms with Gasteiger partial charge in [0.1, 0.15) is 0 Å². The zero-order valence-electron chi connectivity index (χ0n) is 13.1. The highest BCUT2D eigenvalue weighted by molar-refractivity contribution is 5.84. The zero-order chi connectivity index (χ0) is 16.2. The molecule has 1 aromatic heterocycles. The summed E-state index contributed by atoms with van der Waals surface area (Å²) < 4.78 is 4.61. The topological polar surface area (TPSA) is 48.9 Å². The number of fused-ring (bicyclic) bond motifs is 1. The van der Waals surface area contributed by atoms with Crippen LogP contribution in [0.15, 0.2) is 58.1 Å². The van der Waals surface area contributed by atoms with Crippen molar-refractivity contribution in [1.29, 1.82) is 0 Å². The molecular weight excluding hydrogens is 302 g/mol. The molecule has 118 valence electrons. The summed E-state index contributed by atoms with van der Waals surface area (Å²) in [7, 11) is 1.57. The van der Waals surface area contributed by atoms with Crippen LogP contribution in [-0.4, -0.2) is 13.9 Å². The molecule has 0 fully saturated rings. The molecule has 7 rings (SSSR count). The number of rotatable bonds is 0. The van der Waals surface area contributed by atoms with Gasteiger partial charge >= 0.3 is 11.4 Å². The molecule has 0 amide bonds. The average molecular weight is 317 g/mol. The Morgan fingerprint density at radius 1 is 0.792 bits per heavy atom. The second kappa shape index (κ2) is 3.80. The molecule has 3 aromatic rings. The Hall–Kier alpha value is -2.82. The van der Waals surface area contributed by atoms with Gasteiger partial charge in [0.25, 0.3) is 0 Å². The number of hydrogen-bond donors (Lipinski definition) is 0. The summed E-state index contributed by atoms with van der Waals surface area (Å²) in [6.07, 6.45) is 4.38. The van der Waals surface area contributed by atoms with Crippen LogP contribution in [0.4, 0.5) is 0 Å². The smallest absolute Gasteiger partial charge is 0.246 e. The largest absolute Gasteiger partial charge is 0.347 e. The van der Waals surface area contributed by atoms with E-state index in [4.69, 9.17) is 0 Å². The van der Waals surface area contributed by atoms with Crippen molar-refractivity contribution >= 4 is 10.8 Å². The van der Waals surface area contributed by atoms with Crippen LogP contribution >= 0.6 is 0 Å². The van der Waals surface area contributed by atoms with Gasteiger partial charge in [-0.2, -0.15) is 0 Å². The van der Waals surface area contributed by atoms with E-state index in [0.717, 1.165) is 0 Å². The van der Waals surface area contributed by atoms with Crippen LogP contribution in [0.2, 0.25) is 0 Å². The van der Waals surface area contributed by atoms with Gasteiger partial charge in [0.05, 0.1) is 12.1 Å². The maximum Gasteiger partial charge on any atom is 0.347 e. The van der Waals surface area contributed by atoms with Gasteiger partial charge in [0, 0.05) is 18.9 Å². The van der Waals surface area contributed by atoms with E-state index in [0.29, 0.717) is 11.8 Å². The van der Waals surface area contributed by atoms with Gasteiger partial charge in [-0.3, -0.25) is 0 Å². The molecule has 3 heterocycles. The van der Waals surface area contributed by atoms with E-state index in [2.05, 4.69) is 36.4 Å². The van der Waals surface area contributed by atoms with E-state index < -0.39 is 0 Å². The second-order valence-electron chi connectivity index (χ2n) is 7.07. The number of nitrogens with zero attached hydrogens (tertiary/aromatic N) is 3. The Bertz CT molecular complexity index is 1100. The Morgan fingerprint density at radius 2 is 1.25 bits per heavy atom. The van der Waals surface area contributed by atoms with E-state index in [1.807, 2.05) is 12.1 Å². The van der Waals surface area contributed by atoms with Gasteiger partial charge in [-0.05, 0) is 34.0 Å². The quantitative estimate of drug-likeness (QED) is 0.594. The van der Waals surface area contributed by atoms with Crippen LogP contribution in [0, 0.1) is 11.8 Å². The third-order valence-electron chi connectivity index (χ3n) is 6.04. The third-order valence-corrected chi connectivity index (χ3v) is 6.04. The van der Waals surface area contributed by atoms with E-state index in [1.165, 1.54) is 26.5 Å². The van der Waals surface area contributed by atoms with Crippen LogP contribution in [0.25, 0.3) is 10.8 Å². The number of allylic oxidation sites excluding steroid dienone is 2. The Balaban J connectivity index is 1.77. The lowest BCUT2D eigenvalue weighted by Crippen LogP contribution is -2.53. The predicted molar refractivity (Wildman–Crippen MR) is 90.3 cm³/mol. The molecule has 0 saturated heterocycles. The molecule has 2 bridgehead atoms. The predicted octanol–water partition coefficient (Wildman–Crippen LogP) is 1.81. The van der Waals surface area contributed by atoms with E-state index >= 15 is 0 Å². The molecule has 5 heteroatoms. The molecule has 2 aliphatic heterocycles. The molecule has 0 spiro atoms. The van der Waals surface area contributed by atoms with Crippen LogP contribution in [-0.2, 0) is 7.05 Å². The van der Waals surface area contributed by atoms with Crippen molar-refractivity contribution in [3.63, 3.8) is 0 Å². The summed E-state index contributed by atoms with van der Waals surface area (Å²) in [5.74, 6) is 0.617. The van der Waals surface area contributed by atoms with Gasteiger partial charge in [0.2, 0.25) is 0 Å². The molecule has 0 unspecified atom stereocenters. The molecule has 0 radical (unpaired) electrons. The van der Waals surface area contributed by atoms with Crippen LogP contribution in [0.1, 0.15) is 23.2 Å². The molecule has 4 atom stereocenters. The van der Waals surface area contributed by atoms with Crippen molar-refractivity contribution in [3.05, 3.63) is 80.6 Å². The lowest BCUT2D eigenvalue weighted by Gasteiger charge is -2.52. The summed E-state index contributed by atoms with van der Waals surface area (Å²) in [5.41, 5.74) is 1.95.